The first-order valence-electron chi connectivity index (χ1n) is 6.58. The molecule has 1 fully saturated rings. The lowest BCUT2D eigenvalue weighted by Crippen LogP contribution is -2.40. The largest absolute Gasteiger partial charge is 0.369 e. The van der Waals surface area contributed by atoms with Crippen LogP contribution in [0.3, 0.4) is 0 Å². The number of hydrogen-bond donors (Lipinski definition) is 0. The summed E-state index contributed by atoms with van der Waals surface area (Å²) >= 11 is 12.4. The lowest BCUT2D eigenvalue weighted by Gasteiger charge is -2.36. The van der Waals surface area contributed by atoms with Crippen LogP contribution in [0.2, 0.25) is 5.02 Å². The zero-order valence-electron chi connectivity index (χ0n) is 10.8. The molecule has 100 valence electrons. The Hall–Kier alpha value is -0.990. The van der Waals surface area contributed by atoms with Gasteiger partial charge in [-0.1, -0.05) is 18.5 Å². The number of aromatic nitrogens is 1. The van der Waals surface area contributed by atoms with Crippen molar-refractivity contribution in [3.63, 3.8) is 0 Å². The molecule has 0 amide bonds. The Morgan fingerprint density at radius 1 is 1.32 bits per heavy atom. The van der Waals surface area contributed by atoms with Gasteiger partial charge in [-0.3, -0.25) is 4.98 Å². The number of rotatable bonds is 1. The van der Waals surface area contributed by atoms with Crippen molar-refractivity contribution in [1.29, 1.82) is 0 Å². The van der Waals surface area contributed by atoms with Crippen LogP contribution in [-0.2, 0) is 0 Å². The number of piperidine rings is 1. The van der Waals surface area contributed by atoms with Crippen molar-refractivity contribution >= 4 is 39.8 Å². The first kappa shape index (κ1) is 13.0. The van der Waals surface area contributed by atoms with E-state index < -0.39 is 0 Å². The van der Waals surface area contributed by atoms with Crippen molar-refractivity contribution < 1.29 is 0 Å². The highest BCUT2D eigenvalue weighted by molar-refractivity contribution is 6.31. The van der Waals surface area contributed by atoms with Crippen molar-refractivity contribution in [2.75, 3.05) is 18.0 Å². The minimum atomic E-state index is 0.212. The van der Waals surface area contributed by atoms with E-state index in [1.807, 2.05) is 24.4 Å². The summed E-state index contributed by atoms with van der Waals surface area (Å²) in [6.07, 6.45) is 2.97. The van der Waals surface area contributed by atoms with Gasteiger partial charge in [0, 0.05) is 35.4 Å². The van der Waals surface area contributed by atoms with Gasteiger partial charge < -0.3 is 4.90 Å². The summed E-state index contributed by atoms with van der Waals surface area (Å²) in [7, 11) is 0. The average molecular weight is 295 g/mol. The van der Waals surface area contributed by atoms with Gasteiger partial charge in [0.25, 0.3) is 0 Å². The molecule has 0 spiro atoms. The molecule has 2 heterocycles. The molecule has 0 bridgehead atoms. The Morgan fingerprint density at radius 3 is 2.95 bits per heavy atom. The normalized spacial score (nSPS) is 23.8. The second-order valence-electron chi connectivity index (χ2n) is 5.22. The Morgan fingerprint density at radius 2 is 2.16 bits per heavy atom. The molecule has 1 aliphatic heterocycles. The molecule has 2 nitrogen and oxygen atoms in total. The van der Waals surface area contributed by atoms with Crippen LogP contribution < -0.4 is 4.90 Å². The van der Waals surface area contributed by atoms with Crippen LogP contribution in [0.4, 0.5) is 5.69 Å². The molecular formula is C15H16Cl2N2. The molecule has 0 saturated carbocycles. The maximum atomic E-state index is 6.41. The smallest absolute Gasteiger partial charge is 0.0737 e. The zero-order chi connectivity index (χ0) is 13.4. The topological polar surface area (TPSA) is 16.1 Å². The predicted molar refractivity (Wildman–Crippen MR) is 82.4 cm³/mol. The number of halogens is 2. The van der Waals surface area contributed by atoms with Crippen LogP contribution in [0, 0.1) is 5.92 Å². The third-order valence-electron chi connectivity index (χ3n) is 3.89. The van der Waals surface area contributed by atoms with Crippen LogP contribution >= 0.6 is 23.2 Å². The second kappa shape index (κ2) is 5.18. The van der Waals surface area contributed by atoms with E-state index in [9.17, 15) is 0 Å². The monoisotopic (exact) mass is 294 g/mol. The van der Waals surface area contributed by atoms with Crippen molar-refractivity contribution in [3.05, 3.63) is 35.5 Å². The molecule has 2 unspecified atom stereocenters. The van der Waals surface area contributed by atoms with Gasteiger partial charge in [-0.25, -0.2) is 0 Å². The average Bonchev–Trinajstić information content (AvgIpc) is 2.41. The number of anilines is 1. The van der Waals surface area contributed by atoms with E-state index >= 15 is 0 Å². The van der Waals surface area contributed by atoms with Crippen LogP contribution in [0.15, 0.2) is 30.5 Å². The molecule has 0 radical (unpaired) electrons. The molecule has 1 aromatic carbocycles. The van der Waals surface area contributed by atoms with Crippen molar-refractivity contribution in [2.45, 2.75) is 18.7 Å². The van der Waals surface area contributed by atoms with Gasteiger partial charge in [0.2, 0.25) is 0 Å². The van der Waals surface area contributed by atoms with Crippen molar-refractivity contribution in [2.24, 2.45) is 5.92 Å². The maximum Gasteiger partial charge on any atom is 0.0737 e. The molecule has 2 aromatic rings. The summed E-state index contributed by atoms with van der Waals surface area (Å²) < 4.78 is 0. The number of fused-ring (bicyclic) bond motifs is 1. The summed E-state index contributed by atoms with van der Waals surface area (Å²) in [5.74, 6) is 0.584. The predicted octanol–water partition coefficient (Wildman–Crippen LogP) is 4.34. The van der Waals surface area contributed by atoms with Crippen LogP contribution in [-0.4, -0.2) is 23.5 Å². The van der Waals surface area contributed by atoms with Crippen LogP contribution in [0.1, 0.15) is 13.3 Å². The molecule has 19 heavy (non-hydrogen) atoms. The van der Waals surface area contributed by atoms with E-state index in [2.05, 4.69) is 22.9 Å². The number of benzene rings is 1. The molecule has 0 aliphatic carbocycles. The summed E-state index contributed by atoms with van der Waals surface area (Å²) in [5.41, 5.74) is 2.15. The standard InChI is InChI=1S/C15H16Cl2N2/c1-10-5-7-19(9-13(10)17)15-4-6-18-14-8-11(16)2-3-12(14)15/h2-4,6,8,10,13H,5,7,9H2,1H3. The Bertz CT molecular complexity index is 600. The van der Waals surface area contributed by atoms with E-state index in [1.165, 1.54) is 5.69 Å². The zero-order valence-corrected chi connectivity index (χ0v) is 12.3. The summed E-state index contributed by atoms with van der Waals surface area (Å²) in [4.78, 5) is 6.74. The third-order valence-corrected chi connectivity index (χ3v) is 4.69. The fraction of sp³-hybridized carbons (Fsp3) is 0.400. The highest BCUT2D eigenvalue weighted by Gasteiger charge is 2.25. The summed E-state index contributed by atoms with van der Waals surface area (Å²) in [6.45, 7) is 4.16. The highest BCUT2D eigenvalue weighted by Crippen LogP contribution is 2.31. The lowest BCUT2D eigenvalue weighted by molar-refractivity contribution is 0.446. The van der Waals surface area contributed by atoms with Crippen LogP contribution in [0.25, 0.3) is 10.9 Å². The molecular weight excluding hydrogens is 279 g/mol. The second-order valence-corrected chi connectivity index (χ2v) is 6.22. The van der Waals surface area contributed by atoms with Gasteiger partial charge in [0.15, 0.2) is 0 Å². The van der Waals surface area contributed by atoms with Crippen LogP contribution in [0.5, 0.6) is 0 Å². The minimum absolute atomic E-state index is 0.212. The Labute approximate surface area is 123 Å². The minimum Gasteiger partial charge on any atom is -0.369 e. The molecule has 1 aromatic heterocycles. The van der Waals surface area contributed by atoms with Crippen molar-refractivity contribution in [3.8, 4) is 0 Å². The molecule has 3 rings (SSSR count). The summed E-state index contributed by atoms with van der Waals surface area (Å²) in [5, 5.41) is 2.08. The first-order chi connectivity index (χ1) is 9.15. The van der Waals surface area contributed by atoms with E-state index in [0.29, 0.717) is 5.92 Å². The van der Waals surface area contributed by atoms with Gasteiger partial charge in [0.05, 0.1) is 10.9 Å². The number of pyridine rings is 1. The van der Waals surface area contributed by atoms with Gasteiger partial charge in [-0.15, -0.1) is 11.6 Å². The van der Waals surface area contributed by atoms with E-state index in [4.69, 9.17) is 23.2 Å². The Kier molecular flexibility index (Phi) is 3.55. The van der Waals surface area contributed by atoms with Gasteiger partial charge in [-0.05, 0) is 36.6 Å². The van der Waals surface area contributed by atoms with Crippen molar-refractivity contribution in [1.82, 2.24) is 4.98 Å². The fourth-order valence-electron chi connectivity index (χ4n) is 2.62. The molecule has 0 N–H and O–H groups in total. The highest BCUT2D eigenvalue weighted by atomic mass is 35.5. The number of hydrogen-bond acceptors (Lipinski definition) is 2. The lowest BCUT2D eigenvalue weighted by atomic mass is 9.97. The fourth-order valence-corrected chi connectivity index (χ4v) is 3.08. The van der Waals surface area contributed by atoms with Gasteiger partial charge >= 0.3 is 0 Å². The maximum absolute atomic E-state index is 6.41. The molecule has 1 saturated heterocycles. The third kappa shape index (κ3) is 2.52. The number of alkyl halides is 1. The van der Waals surface area contributed by atoms with E-state index in [0.717, 1.165) is 35.4 Å². The van der Waals surface area contributed by atoms with Gasteiger partial charge in [-0.2, -0.15) is 0 Å². The SMILES string of the molecule is CC1CCN(c2ccnc3cc(Cl)ccc23)CC1Cl. The molecule has 4 heteroatoms. The number of nitrogens with zero attached hydrogens (tertiary/aromatic N) is 2. The molecule has 2 atom stereocenters. The van der Waals surface area contributed by atoms with E-state index in [1.54, 1.807) is 0 Å². The first-order valence-corrected chi connectivity index (χ1v) is 7.40. The summed E-state index contributed by atoms with van der Waals surface area (Å²) in [6, 6.07) is 7.93. The van der Waals surface area contributed by atoms with Gasteiger partial charge in [0.1, 0.15) is 0 Å². The quantitative estimate of drug-likeness (QED) is 0.727. The molecule has 1 aliphatic rings. The van der Waals surface area contributed by atoms with E-state index in [-0.39, 0.29) is 5.38 Å². The Balaban J connectivity index is 2.01.